The molecule has 0 spiro atoms. The molecule has 0 aliphatic rings. The van der Waals surface area contributed by atoms with E-state index in [0.717, 1.165) is 11.8 Å². The minimum atomic E-state index is -3.35. The van der Waals surface area contributed by atoms with Crippen LogP contribution in [-0.4, -0.2) is 33.2 Å². The summed E-state index contributed by atoms with van der Waals surface area (Å²) in [6, 6.07) is 13.0. The van der Waals surface area contributed by atoms with Crippen molar-refractivity contribution in [2.75, 3.05) is 28.2 Å². The second-order valence-electron chi connectivity index (χ2n) is 5.68. The molecule has 138 valence electrons. The molecule has 0 unspecified atom stereocenters. The first kappa shape index (κ1) is 19.3. The van der Waals surface area contributed by atoms with E-state index in [4.69, 9.17) is 0 Å². The van der Waals surface area contributed by atoms with Crippen molar-refractivity contribution >= 4 is 39.0 Å². The highest BCUT2D eigenvalue weighted by Gasteiger charge is 2.07. The Bertz CT molecular complexity index is 895. The predicted molar refractivity (Wildman–Crippen MR) is 102 cm³/mol. The van der Waals surface area contributed by atoms with Crippen LogP contribution in [0.4, 0.5) is 21.9 Å². The Balaban J connectivity index is 1.80. The molecule has 0 fully saturated rings. The first-order valence-corrected chi connectivity index (χ1v) is 9.60. The maximum atomic E-state index is 11.9. The third-order valence-corrected chi connectivity index (χ3v) is 3.76. The predicted octanol–water partition coefficient (Wildman–Crippen LogP) is 2.13. The number of nitrogens with one attached hydrogen (secondary N) is 4. The lowest BCUT2D eigenvalue weighted by Crippen LogP contribution is -2.35. The van der Waals surface area contributed by atoms with Gasteiger partial charge in [0.05, 0.1) is 12.8 Å². The molecule has 0 aliphatic heterocycles. The van der Waals surface area contributed by atoms with Crippen LogP contribution in [0.3, 0.4) is 0 Å². The Kier molecular flexibility index (Phi) is 6.18. The van der Waals surface area contributed by atoms with Gasteiger partial charge in [0, 0.05) is 17.1 Å². The summed E-state index contributed by atoms with van der Waals surface area (Å²) in [4.78, 5) is 23.7. The third kappa shape index (κ3) is 6.81. The number of hydrogen-bond acceptors (Lipinski definition) is 4. The molecule has 3 amide bonds. The number of sulfonamides is 1. The molecule has 9 heteroatoms. The number of aryl methyl sites for hydroxylation is 1. The fraction of sp³-hybridized carbons (Fsp3) is 0.176. The summed E-state index contributed by atoms with van der Waals surface area (Å²) >= 11 is 0. The Hall–Kier alpha value is -3.07. The number of carbonyl (C=O) groups is 2. The quantitative estimate of drug-likeness (QED) is 0.618. The summed E-state index contributed by atoms with van der Waals surface area (Å²) in [7, 11) is -3.35. The fourth-order valence-electron chi connectivity index (χ4n) is 2.10. The highest BCUT2D eigenvalue weighted by atomic mass is 32.2. The van der Waals surface area contributed by atoms with Gasteiger partial charge in [-0.15, -0.1) is 0 Å². The van der Waals surface area contributed by atoms with Crippen LogP contribution < -0.4 is 20.7 Å². The minimum absolute atomic E-state index is 0.207. The van der Waals surface area contributed by atoms with Crippen LogP contribution >= 0.6 is 0 Å². The van der Waals surface area contributed by atoms with E-state index < -0.39 is 22.0 Å². The van der Waals surface area contributed by atoms with Gasteiger partial charge in [0.1, 0.15) is 0 Å². The van der Waals surface area contributed by atoms with Crippen LogP contribution in [0.2, 0.25) is 0 Å². The second-order valence-corrected chi connectivity index (χ2v) is 7.43. The molecule has 2 aromatic carbocycles. The molecule has 0 heterocycles. The maximum absolute atomic E-state index is 11.9. The number of carbonyl (C=O) groups excluding carboxylic acids is 2. The van der Waals surface area contributed by atoms with Gasteiger partial charge < -0.3 is 16.0 Å². The van der Waals surface area contributed by atoms with E-state index in [1.807, 2.05) is 25.1 Å². The van der Waals surface area contributed by atoms with E-state index in [9.17, 15) is 18.0 Å². The maximum Gasteiger partial charge on any atom is 0.319 e. The van der Waals surface area contributed by atoms with Crippen molar-refractivity contribution < 1.29 is 18.0 Å². The number of hydrogen-bond donors (Lipinski definition) is 4. The minimum Gasteiger partial charge on any atom is -0.329 e. The standard InChI is InChI=1S/C17H20N4O4S/c1-12-4-3-5-15(10-12)20-17(23)18-11-16(22)19-13-6-8-14(9-7-13)21-26(2,24)25/h3-10,21H,11H2,1-2H3,(H,19,22)(H2,18,20,23). The van der Waals surface area contributed by atoms with Crippen molar-refractivity contribution in [2.45, 2.75) is 6.92 Å². The van der Waals surface area contributed by atoms with E-state index in [1.165, 1.54) is 12.1 Å². The van der Waals surface area contributed by atoms with E-state index >= 15 is 0 Å². The summed E-state index contributed by atoms with van der Waals surface area (Å²) in [6.45, 7) is 1.70. The monoisotopic (exact) mass is 376 g/mol. The SMILES string of the molecule is Cc1cccc(NC(=O)NCC(=O)Nc2ccc(NS(C)(=O)=O)cc2)c1. The van der Waals surface area contributed by atoms with Gasteiger partial charge >= 0.3 is 6.03 Å². The molecule has 4 N–H and O–H groups in total. The zero-order valence-electron chi connectivity index (χ0n) is 14.4. The molecule has 26 heavy (non-hydrogen) atoms. The Morgan fingerprint density at radius 3 is 2.19 bits per heavy atom. The first-order chi connectivity index (χ1) is 12.2. The third-order valence-electron chi connectivity index (χ3n) is 3.16. The zero-order chi connectivity index (χ0) is 19.2. The van der Waals surface area contributed by atoms with Crippen LogP contribution in [-0.2, 0) is 14.8 Å². The van der Waals surface area contributed by atoms with Crippen LogP contribution in [0.25, 0.3) is 0 Å². The van der Waals surface area contributed by atoms with E-state index in [2.05, 4.69) is 20.7 Å². The van der Waals surface area contributed by atoms with Gasteiger partial charge in [-0.25, -0.2) is 13.2 Å². The molecule has 0 radical (unpaired) electrons. The van der Waals surface area contributed by atoms with Crippen molar-refractivity contribution in [3.63, 3.8) is 0 Å². The average molecular weight is 376 g/mol. The van der Waals surface area contributed by atoms with Crippen molar-refractivity contribution in [1.29, 1.82) is 0 Å². The van der Waals surface area contributed by atoms with Gasteiger partial charge in [-0.2, -0.15) is 0 Å². The zero-order valence-corrected chi connectivity index (χ0v) is 15.2. The lowest BCUT2D eigenvalue weighted by atomic mass is 10.2. The topological polar surface area (TPSA) is 116 Å². The van der Waals surface area contributed by atoms with E-state index in [0.29, 0.717) is 17.1 Å². The van der Waals surface area contributed by atoms with Crippen molar-refractivity contribution in [1.82, 2.24) is 5.32 Å². The van der Waals surface area contributed by atoms with Gasteiger partial charge in [-0.1, -0.05) is 12.1 Å². The molecule has 0 bridgehead atoms. The number of anilines is 3. The highest BCUT2D eigenvalue weighted by molar-refractivity contribution is 7.92. The van der Waals surface area contributed by atoms with Crippen molar-refractivity contribution in [3.8, 4) is 0 Å². The molecule has 2 rings (SSSR count). The van der Waals surface area contributed by atoms with Crippen LogP contribution in [0, 0.1) is 6.92 Å². The van der Waals surface area contributed by atoms with Gasteiger partial charge in [0.25, 0.3) is 0 Å². The fourth-order valence-corrected chi connectivity index (χ4v) is 2.66. The lowest BCUT2D eigenvalue weighted by Gasteiger charge is -2.09. The van der Waals surface area contributed by atoms with Crippen molar-refractivity contribution in [3.05, 3.63) is 54.1 Å². The van der Waals surface area contributed by atoms with Crippen LogP contribution in [0.15, 0.2) is 48.5 Å². The van der Waals surface area contributed by atoms with Gasteiger partial charge in [0.2, 0.25) is 15.9 Å². The van der Waals surface area contributed by atoms with E-state index in [1.54, 1.807) is 18.2 Å². The number of rotatable bonds is 6. The molecular weight excluding hydrogens is 356 g/mol. The Morgan fingerprint density at radius 1 is 0.923 bits per heavy atom. The Labute approximate surface area is 152 Å². The summed E-state index contributed by atoms with van der Waals surface area (Å²) < 4.78 is 24.6. The molecule has 0 saturated carbocycles. The molecule has 0 saturated heterocycles. The lowest BCUT2D eigenvalue weighted by molar-refractivity contribution is -0.115. The van der Waals surface area contributed by atoms with Crippen LogP contribution in [0.5, 0.6) is 0 Å². The highest BCUT2D eigenvalue weighted by Crippen LogP contribution is 2.14. The average Bonchev–Trinajstić information content (AvgIpc) is 2.53. The van der Waals surface area contributed by atoms with E-state index in [-0.39, 0.29) is 6.54 Å². The van der Waals surface area contributed by atoms with Gasteiger partial charge in [-0.3, -0.25) is 9.52 Å². The molecule has 0 atom stereocenters. The van der Waals surface area contributed by atoms with Crippen molar-refractivity contribution in [2.24, 2.45) is 0 Å². The smallest absolute Gasteiger partial charge is 0.319 e. The number of amides is 3. The molecule has 0 aliphatic carbocycles. The summed E-state index contributed by atoms with van der Waals surface area (Å²) in [5.74, 6) is -0.409. The number of urea groups is 1. The number of benzene rings is 2. The Morgan fingerprint density at radius 2 is 1.58 bits per heavy atom. The van der Waals surface area contributed by atoms with Crippen LogP contribution in [0.1, 0.15) is 5.56 Å². The first-order valence-electron chi connectivity index (χ1n) is 7.70. The normalized spacial score (nSPS) is 10.7. The molecule has 2 aromatic rings. The molecule has 0 aromatic heterocycles. The summed E-state index contributed by atoms with van der Waals surface area (Å²) in [5.41, 5.74) is 2.52. The molecule has 8 nitrogen and oxygen atoms in total. The second kappa shape index (κ2) is 8.34. The van der Waals surface area contributed by atoms with Gasteiger partial charge in [-0.05, 0) is 48.9 Å². The summed E-state index contributed by atoms with van der Waals surface area (Å²) in [5, 5.41) is 7.70. The van der Waals surface area contributed by atoms with Gasteiger partial charge in [0.15, 0.2) is 0 Å². The largest absolute Gasteiger partial charge is 0.329 e. The summed E-state index contributed by atoms with van der Waals surface area (Å²) in [6.07, 6.45) is 1.05. The molecular formula is C17H20N4O4S.